The minimum atomic E-state index is 0.997. The molecule has 3 nitrogen and oxygen atoms in total. The summed E-state index contributed by atoms with van der Waals surface area (Å²) in [6, 6.07) is 6.43. The number of hydrogen-bond donors (Lipinski definition) is 1. The maximum absolute atomic E-state index is 4.77. The molecule has 0 unspecified atom stereocenters. The molecule has 0 aliphatic carbocycles. The molecule has 86 valence electrons. The van der Waals surface area contributed by atoms with Crippen LogP contribution < -0.4 is 5.32 Å². The van der Waals surface area contributed by atoms with Crippen LogP contribution in [0.4, 0.5) is 0 Å². The molecule has 3 heterocycles. The van der Waals surface area contributed by atoms with E-state index >= 15 is 0 Å². The average Bonchev–Trinajstić information content (AvgIpc) is 2.85. The van der Waals surface area contributed by atoms with E-state index < -0.39 is 0 Å². The van der Waals surface area contributed by atoms with E-state index in [9.17, 15) is 0 Å². The Morgan fingerprint density at radius 1 is 1.41 bits per heavy atom. The molecule has 1 aromatic carbocycles. The number of fused-ring (bicyclic) bond motifs is 5. The molecule has 4 rings (SSSR count). The summed E-state index contributed by atoms with van der Waals surface area (Å²) in [4.78, 5) is 7.36. The molecule has 0 fully saturated rings. The summed E-state index contributed by atoms with van der Waals surface area (Å²) in [7, 11) is 0. The van der Waals surface area contributed by atoms with Gasteiger partial charge < -0.3 is 5.32 Å². The molecule has 0 radical (unpaired) electrons. The quantitative estimate of drug-likeness (QED) is 0.657. The number of rotatable bonds is 0. The largest absolute Gasteiger partial charge is 0.311 e. The lowest BCUT2D eigenvalue weighted by molar-refractivity contribution is 0.640. The number of aryl methyl sites for hydroxylation is 1. The first kappa shape index (κ1) is 9.62. The van der Waals surface area contributed by atoms with Gasteiger partial charge in [-0.3, -0.25) is 4.40 Å². The van der Waals surface area contributed by atoms with Crippen molar-refractivity contribution in [1.82, 2.24) is 14.7 Å². The summed E-state index contributed by atoms with van der Waals surface area (Å²) >= 11 is 1.82. The zero-order valence-electron chi connectivity index (χ0n) is 9.66. The number of aromatic nitrogens is 2. The Balaban J connectivity index is 2.18. The van der Waals surface area contributed by atoms with Crippen LogP contribution in [0.2, 0.25) is 0 Å². The van der Waals surface area contributed by atoms with Crippen LogP contribution in [0.5, 0.6) is 0 Å². The van der Waals surface area contributed by atoms with Crippen LogP contribution in [-0.2, 0) is 13.0 Å². The maximum Gasteiger partial charge on any atom is 0.195 e. The van der Waals surface area contributed by atoms with Crippen molar-refractivity contribution in [2.24, 2.45) is 0 Å². The molecule has 1 aliphatic rings. The van der Waals surface area contributed by atoms with Crippen LogP contribution in [-0.4, -0.2) is 15.9 Å². The maximum atomic E-state index is 4.77. The molecule has 4 heteroatoms. The van der Waals surface area contributed by atoms with Crippen molar-refractivity contribution >= 4 is 27.3 Å². The Hall–Kier alpha value is -1.39. The van der Waals surface area contributed by atoms with Gasteiger partial charge in [0.15, 0.2) is 4.96 Å². The van der Waals surface area contributed by atoms with Gasteiger partial charge in [-0.2, -0.15) is 0 Å². The van der Waals surface area contributed by atoms with E-state index in [2.05, 4.69) is 34.8 Å². The number of para-hydroxylation sites is 1. The molecule has 0 saturated carbocycles. The summed E-state index contributed by atoms with van der Waals surface area (Å²) in [5, 5.41) is 3.42. The van der Waals surface area contributed by atoms with Gasteiger partial charge in [-0.15, -0.1) is 0 Å². The van der Waals surface area contributed by atoms with Crippen LogP contribution >= 0.6 is 11.3 Å². The van der Waals surface area contributed by atoms with Gasteiger partial charge in [0.05, 0.1) is 11.0 Å². The number of thiazole rings is 1. The van der Waals surface area contributed by atoms with Crippen molar-refractivity contribution in [3.63, 3.8) is 0 Å². The number of nitrogens with one attached hydrogen (secondary N) is 1. The van der Waals surface area contributed by atoms with Gasteiger partial charge in [0.1, 0.15) is 0 Å². The van der Waals surface area contributed by atoms with E-state index in [1.165, 1.54) is 21.7 Å². The van der Waals surface area contributed by atoms with Crippen molar-refractivity contribution in [2.45, 2.75) is 19.9 Å². The van der Waals surface area contributed by atoms with Gasteiger partial charge in [0.25, 0.3) is 0 Å². The smallest absolute Gasteiger partial charge is 0.195 e. The molecule has 0 spiro atoms. The monoisotopic (exact) mass is 243 g/mol. The third-order valence-corrected chi connectivity index (χ3v) is 4.57. The van der Waals surface area contributed by atoms with Gasteiger partial charge in [0, 0.05) is 30.1 Å². The summed E-state index contributed by atoms with van der Waals surface area (Å²) < 4.78 is 2.35. The van der Waals surface area contributed by atoms with Gasteiger partial charge in [-0.25, -0.2) is 4.98 Å². The fraction of sp³-hybridized carbons (Fsp3) is 0.308. The first-order valence-corrected chi connectivity index (χ1v) is 6.75. The Bertz CT molecular complexity index is 723. The molecular formula is C13H13N3S. The molecule has 1 aliphatic heterocycles. The summed E-state index contributed by atoms with van der Waals surface area (Å²) in [6.07, 6.45) is 1.11. The highest BCUT2D eigenvalue weighted by atomic mass is 32.1. The highest BCUT2D eigenvalue weighted by Gasteiger charge is 2.19. The fourth-order valence-corrected chi connectivity index (χ4v) is 3.78. The minimum absolute atomic E-state index is 0.997. The number of imidazole rings is 1. The lowest BCUT2D eigenvalue weighted by Gasteiger charge is -2.12. The first-order chi connectivity index (χ1) is 8.34. The molecule has 2 aromatic heterocycles. The van der Waals surface area contributed by atoms with E-state index in [0.29, 0.717) is 0 Å². The van der Waals surface area contributed by atoms with Crippen molar-refractivity contribution < 1.29 is 0 Å². The topological polar surface area (TPSA) is 29.3 Å². The van der Waals surface area contributed by atoms with E-state index in [1.54, 1.807) is 0 Å². The van der Waals surface area contributed by atoms with Gasteiger partial charge in [-0.05, 0) is 18.6 Å². The standard InChI is InChI=1S/C13H13N3S/c1-8-3-2-4-10-12(8)15-13-16(10)9-5-6-14-7-11(9)17-13/h2-4,14H,5-7H2,1H3. The van der Waals surface area contributed by atoms with E-state index in [-0.39, 0.29) is 0 Å². The predicted molar refractivity (Wildman–Crippen MR) is 70.7 cm³/mol. The van der Waals surface area contributed by atoms with Crippen LogP contribution in [0.15, 0.2) is 18.2 Å². The summed E-state index contributed by atoms with van der Waals surface area (Å²) in [5.41, 5.74) is 5.14. The first-order valence-electron chi connectivity index (χ1n) is 5.93. The third kappa shape index (κ3) is 1.22. The second-order valence-electron chi connectivity index (χ2n) is 4.57. The Kier molecular flexibility index (Phi) is 1.87. The van der Waals surface area contributed by atoms with E-state index in [1.807, 2.05) is 11.3 Å². The van der Waals surface area contributed by atoms with Gasteiger partial charge in [0.2, 0.25) is 0 Å². The highest BCUT2D eigenvalue weighted by molar-refractivity contribution is 7.17. The van der Waals surface area contributed by atoms with Gasteiger partial charge >= 0.3 is 0 Å². The zero-order chi connectivity index (χ0) is 11.4. The van der Waals surface area contributed by atoms with Crippen molar-refractivity contribution in [3.8, 4) is 0 Å². The van der Waals surface area contributed by atoms with E-state index in [4.69, 9.17) is 4.98 Å². The van der Waals surface area contributed by atoms with Crippen LogP contribution in [0.25, 0.3) is 16.0 Å². The normalized spacial score (nSPS) is 15.6. The molecular weight excluding hydrogens is 230 g/mol. The SMILES string of the molecule is Cc1cccc2c1nc1sc3c(n12)CCNC3. The third-order valence-electron chi connectivity index (χ3n) is 3.49. The molecule has 0 atom stereocenters. The van der Waals surface area contributed by atoms with Crippen molar-refractivity contribution in [1.29, 1.82) is 0 Å². The molecule has 0 amide bonds. The Morgan fingerprint density at radius 3 is 3.29 bits per heavy atom. The van der Waals surface area contributed by atoms with E-state index in [0.717, 1.165) is 30.0 Å². The van der Waals surface area contributed by atoms with Crippen molar-refractivity contribution in [2.75, 3.05) is 6.54 Å². The zero-order valence-corrected chi connectivity index (χ0v) is 10.5. The Morgan fingerprint density at radius 2 is 2.35 bits per heavy atom. The molecule has 0 saturated heterocycles. The van der Waals surface area contributed by atoms with Crippen LogP contribution in [0.1, 0.15) is 16.1 Å². The van der Waals surface area contributed by atoms with Crippen molar-refractivity contribution in [3.05, 3.63) is 34.3 Å². The lowest BCUT2D eigenvalue weighted by Crippen LogP contribution is -2.23. The fourth-order valence-electron chi connectivity index (χ4n) is 2.64. The highest BCUT2D eigenvalue weighted by Crippen LogP contribution is 2.30. The average molecular weight is 243 g/mol. The van der Waals surface area contributed by atoms with Crippen LogP contribution in [0.3, 0.4) is 0 Å². The second kappa shape index (κ2) is 3.31. The molecule has 17 heavy (non-hydrogen) atoms. The summed E-state index contributed by atoms with van der Waals surface area (Å²) in [5.74, 6) is 0. The molecule has 3 aromatic rings. The minimum Gasteiger partial charge on any atom is -0.311 e. The molecule has 0 bridgehead atoms. The summed E-state index contributed by atoms with van der Waals surface area (Å²) in [6.45, 7) is 4.20. The predicted octanol–water partition coefficient (Wildman–Crippen LogP) is 2.50. The van der Waals surface area contributed by atoms with Gasteiger partial charge in [-0.1, -0.05) is 23.5 Å². The molecule has 1 N–H and O–H groups in total. The second-order valence-corrected chi connectivity index (χ2v) is 5.63. The van der Waals surface area contributed by atoms with Crippen LogP contribution in [0, 0.1) is 6.92 Å². The number of benzene rings is 1. The number of nitrogens with zero attached hydrogens (tertiary/aromatic N) is 2. The number of hydrogen-bond acceptors (Lipinski definition) is 3. The Labute approximate surface area is 103 Å². The lowest BCUT2D eigenvalue weighted by atomic mass is 10.2.